The maximum atomic E-state index is 11.0. The summed E-state index contributed by atoms with van der Waals surface area (Å²) in [5.41, 5.74) is 7.78. The number of hydrogen-bond acceptors (Lipinski definition) is 4. The summed E-state index contributed by atoms with van der Waals surface area (Å²) in [7, 11) is 0. The van der Waals surface area contributed by atoms with Crippen molar-refractivity contribution in [3.05, 3.63) is 46.1 Å². The van der Waals surface area contributed by atoms with Crippen LogP contribution < -0.4 is 11.1 Å². The minimum atomic E-state index is -1.08. The van der Waals surface area contributed by atoms with Crippen molar-refractivity contribution in [2.75, 3.05) is 11.1 Å². The Morgan fingerprint density at radius 3 is 2.84 bits per heavy atom. The van der Waals surface area contributed by atoms with Crippen molar-refractivity contribution < 1.29 is 9.90 Å². The molecular formula is C13H12BrN3O2. The molecule has 2 aromatic rings. The van der Waals surface area contributed by atoms with E-state index in [1.54, 1.807) is 0 Å². The number of carboxylic acids is 1. The van der Waals surface area contributed by atoms with E-state index in [0.29, 0.717) is 5.82 Å². The molecule has 1 aromatic heterocycles. The van der Waals surface area contributed by atoms with Gasteiger partial charge in [-0.2, -0.15) is 0 Å². The molecule has 0 amide bonds. The van der Waals surface area contributed by atoms with E-state index in [9.17, 15) is 4.79 Å². The van der Waals surface area contributed by atoms with Crippen LogP contribution in [-0.4, -0.2) is 16.1 Å². The largest absolute Gasteiger partial charge is 0.478 e. The Bertz CT molecular complexity index is 644. The number of nitrogens with two attached hydrogens (primary N) is 1. The van der Waals surface area contributed by atoms with Crippen LogP contribution >= 0.6 is 15.9 Å². The molecular weight excluding hydrogens is 310 g/mol. The maximum Gasteiger partial charge on any atom is 0.337 e. The Hall–Kier alpha value is -2.08. The first-order valence-electron chi connectivity index (χ1n) is 5.50. The summed E-state index contributed by atoms with van der Waals surface area (Å²) >= 11 is 3.38. The molecule has 0 bridgehead atoms. The van der Waals surface area contributed by atoms with Crippen molar-refractivity contribution in [3.63, 3.8) is 0 Å². The highest BCUT2D eigenvalue weighted by Gasteiger charge is 2.12. The summed E-state index contributed by atoms with van der Waals surface area (Å²) < 4.78 is 0.911. The summed E-state index contributed by atoms with van der Waals surface area (Å²) in [6.45, 7) is 1.94. The first-order valence-corrected chi connectivity index (χ1v) is 6.29. The van der Waals surface area contributed by atoms with Crippen molar-refractivity contribution >= 4 is 39.1 Å². The number of anilines is 3. The number of rotatable bonds is 3. The van der Waals surface area contributed by atoms with Gasteiger partial charge in [0.05, 0.1) is 11.3 Å². The van der Waals surface area contributed by atoms with E-state index in [1.165, 1.54) is 12.3 Å². The SMILES string of the molecule is Cc1ccc(Br)cc1Nc1nccc(C(=O)O)c1N. The smallest absolute Gasteiger partial charge is 0.337 e. The zero-order valence-corrected chi connectivity index (χ0v) is 11.7. The van der Waals surface area contributed by atoms with Crippen LogP contribution in [0.15, 0.2) is 34.9 Å². The normalized spacial score (nSPS) is 10.2. The zero-order valence-electron chi connectivity index (χ0n) is 10.1. The van der Waals surface area contributed by atoms with Crippen LogP contribution in [0.3, 0.4) is 0 Å². The number of nitrogen functional groups attached to an aromatic ring is 1. The highest BCUT2D eigenvalue weighted by Crippen LogP contribution is 2.27. The van der Waals surface area contributed by atoms with Crippen LogP contribution in [0.1, 0.15) is 15.9 Å². The molecule has 0 unspecified atom stereocenters. The minimum Gasteiger partial charge on any atom is -0.478 e. The number of halogens is 1. The van der Waals surface area contributed by atoms with Crippen LogP contribution in [0.5, 0.6) is 0 Å². The molecule has 0 fully saturated rings. The fourth-order valence-electron chi connectivity index (χ4n) is 1.62. The predicted molar refractivity (Wildman–Crippen MR) is 77.8 cm³/mol. The lowest BCUT2D eigenvalue weighted by Gasteiger charge is -2.12. The van der Waals surface area contributed by atoms with E-state index >= 15 is 0 Å². The highest BCUT2D eigenvalue weighted by molar-refractivity contribution is 9.10. The van der Waals surface area contributed by atoms with Gasteiger partial charge in [0.25, 0.3) is 0 Å². The summed E-state index contributed by atoms with van der Waals surface area (Å²) in [5, 5.41) is 12.1. The van der Waals surface area contributed by atoms with Crippen LogP contribution in [0.4, 0.5) is 17.2 Å². The first-order chi connectivity index (χ1) is 8.99. The summed E-state index contributed by atoms with van der Waals surface area (Å²) in [6, 6.07) is 7.11. The molecule has 4 N–H and O–H groups in total. The molecule has 0 saturated heterocycles. The molecule has 0 aliphatic rings. The van der Waals surface area contributed by atoms with Crippen LogP contribution in [0.2, 0.25) is 0 Å². The second-order valence-corrected chi connectivity index (χ2v) is 4.93. The van der Waals surface area contributed by atoms with Gasteiger partial charge in [-0.1, -0.05) is 22.0 Å². The number of carbonyl (C=O) groups is 1. The van der Waals surface area contributed by atoms with Gasteiger partial charge in [0.2, 0.25) is 0 Å². The molecule has 0 radical (unpaired) electrons. The summed E-state index contributed by atoms with van der Waals surface area (Å²) in [4.78, 5) is 15.1. The van der Waals surface area contributed by atoms with Crippen LogP contribution in [-0.2, 0) is 0 Å². The van der Waals surface area contributed by atoms with Gasteiger partial charge in [0, 0.05) is 16.4 Å². The fourth-order valence-corrected chi connectivity index (χ4v) is 1.98. The van der Waals surface area contributed by atoms with E-state index in [4.69, 9.17) is 10.8 Å². The van der Waals surface area contributed by atoms with Crippen LogP contribution in [0, 0.1) is 6.92 Å². The third-order valence-corrected chi connectivity index (χ3v) is 3.17. The number of benzene rings is 1. The molecule has 0 spiro atoms. The Kier molecular flexibility index (Phi) is 3.71. The standard InChI is InChI=1S/C13H12BrN3O2/c1-7-2-3-8(14)6-10(7)17-12-11(15)9(13(18)19)4-5-16-12/h2-6H,15H2,1H3,(H,16,17)(H,18,19). The Balaban J connectivity index is 2.41. The fraction of sp³-hybridized carbons (Fsp3) is 0.0769. The van der Waals surface area contributed by atoms with Gasteiger partial charge in [0.1, 0.15) is 0 Å². The number of nitrogens with zero attached hydrogens (tertiary/aromatic N) is 1. The molecule has 0 saturated carbocycles. The molecule has 98 valence electrons. The molecule has 5 nitrogen and oxygen atoms in total. The lowest BCUT2D eigenvalue weighted by molar-refractivity contribution is 0.0698. The first kappa shape index (κ1) is 13.4. The molecule has 0 aliphatic carbocycles. The van der Waals surface area contributed by atoms with Crippen LogP contribution in [0.25, 0.3) is 0 Å². The van der Waals surface area contributed by atoms with E-state index in [1.807, 2.05) is 25.1 Å². The number of nitrogens with one attached hydrogen (secondary N) is 1. The van der Waals surface area contributed by atoms with Crippen molar-refractivity contribution in [1.29, 1.82) is 0 Å². The third kappa shape index (κ3) is 2.85. The van der Waals surface area contributed by atoms with Gasteiger partial charge in [-0.15, -0.1) is 0 Å². The number of hydrogen-bond donors (Lipinski definition) is 3. The quantitative estimate of drug-likeness (QED) is 0.808. The molecule has 1 aromatic carbocycles. The van der Waals surface area contributed by atoms with Gasteiger partial charge < -0.3 is 16.2 Å². The van der Waals surface area contributed by atoms with Gasteiger partial charge in [-0.25, -0.2) is 9.78 Å². The zero-order chi connectivity index (χ0) is 14.0. The van der Waals surface area contributed by atoms with Gasteiger partial charge in [-0.3, -0.25) is 0 Å². The lowest BCUT2D eigenvalue weighted by Crippen LogP contribution is -2.07. The van der Waals surface area contributed by atoms with E-state index in [-0.39, 0.29) is 11.3 Å². The highest BCUT2D eigenvalue weighted by atomic mass is 79.9. The van der Waals surface area contributed by atoms with Gasteiger partial charge >= 0.3 is 5.97 Å². The molecule has 1 heterocycles. The van der Waals surface area contributed by atoms with Crippen molar-refractivity contribution in [2.45, 2.75) is 6.92 Å². The molecule has 0 aliphatic heterocycles. The molecule has 0 atom stereocenters. The Labute approximate surface area is 118 Å². The second kappa shape index (κ2) is 5.27. The van der Waals surface area contributed by atoms with Crippen molar-refractivity contribution in [3.8, 4) is 0 Å². The summed E-state index contributed by atoms with van der Waals surface area (Å²) in [5.74, 6) is -0.741. The molecule has 19 heavy (non-hydrogen) atoms. The monoisotopic (exact) mass is 321 g/mol. The minimum absolute atomic E-state index is 0.0325. The number of aromatic nitrogens is 1. The van der Waals surface area contributed by atoms with Gasteiger partial charge in [-0.05, 0) is 30.7 Å². The Morgan fingerprint density at radius 2 is 2.16 bits per heavy atom. The van der Waals surface area contributed by atoms with E-state index in [2.05, 4.69) is 26.2 Å². The number of carboxylic acid groups (broad SMARTS) is 1. The number of aromatic carboxylic acids is 1. The summed E-state index contributed by atoms with van der Waals surface area (Å²) in [6.07, 6.45) is 1.41. The Morgan fingerprint density at radius 1 is 1.42 bits per heavy atom. The van der Waals surface area contributed by atoms with Crippen molar-refractivity contribution in [2.24, 2.45) is 0 Å². The predicted octanol–water partition coefficient (Wildman–Crippen LogP) is 3.18. The van der Waals surface area contributed by atoms with Crippen molar-refractivity contribution in [1.82, 2.24) is 4.98 Å². The average Bonchev–Trinajstić information content (AvgIpc) is 2.36. The maximum absolute atomic E-state index is 11.0. The number of pyridine rings is 1. The second-order valence-electron chi connectivity index (χ2n) is 4.01. The average molecular weight is 322 g/mol. The molecule has 2 rings (SSSR count). The molecule has 6 heteroatoms. The topological polar surface area (TPSA) is 88.2 Å². The third-order valence-electron chi connectivity index (χ3n) is 2.67. The van der Waals surface area contributed by atoms with E-state index < -0.39 is 5.97 Å². The van der Waals surface area contributed by atoms with Gasteiger partial charge in [0.15, 0.2) is 5.82 Å². The van der Waals surface area contributed by atoms with E-state index in [0.717, 1.165) is 15.7 Å². The lowest BCUT2D eigenvalue weighted by atomic mass is 10.2. The number of aryl methyl sites for hydroxylation is 1.